The lowest BCUT2D eigenvalue weighted by Gasteiger charge is -2.06. The second-order valence-electron chi connectivity index (χ2n) is 5.66. The number of hydrogen-bond donors (Lipinski definition) is 1. The van der Waals surface area contributed by atoms with Crippen molar-refractivity contribution in [2.45, 2.75) is 13.5 Å². The fourth-order valence-corrected chi connectivity index (χ4v) is 2.68. The van der Waals surface area contributed by atoms with Crippen molar-refractivity contribution in [2.75, 3.05) is 13.2 Å². The van der Waals surface area contributed by atoms with Gasteiger partial charge in [-0.2, -0.15) is 0 Å². The highest BCUT2D eigenvalue weighted by atomic mass is 19.2. The van der Waals surface area contributed by atoms with Crippen LogP contribution in [0.2, 0.25) is 0 Å². The Labute approximate surface area is 155 Å². The molecule has 3 aromatic rings. The molecular formula is C18H14F5N3O2. The quantitative estimate of drug-likeness (QED) is 0.196. The molecule has 1 N–H and O–H groups in total. The van der Waals surface area contributed by atoms with Crippen LogP contribution in [0.5, 0.6) is 5.88 Å². The van der Waals surface area contributed by atoms with Gasteiger partial charge < -0.3 is 14.4 Å². The number of hydrogen-bond acceptors (Lipinski definition) is 4. The van der Waals surface area contributed by atoms with Gasteiger partial charge in [0, 0.05) is 18.5 Å². The van der Waals surface area contributed by atoms with Gasteiger partial charge in [-0.15, -0.1) is 10.2 Å². The lowest BCUT2D eigenvalue weighted by Crippen LogP contribution is -2.05. The van der Waals surface area contributed by atoms with Crippen molar-refractivity contribution in [3.8, 4) is 5.88 Å². The van der Waals surface area contributed by atoms with E-state index in [4.69, 9.17) is 4.74 Å². The zero-order chi connectivity index (χ0) is 20.4. The summed E-state index contributed by atoms with van der Waals surface area (Å²) in [5.41, 5.74) is -1.08. The Hall–Kier alpha value is -3.01. The highest BCUT2D eigenvalue weighted by Crippen LogP contribution is 2.40. The number of ether oxygens (including phenoxy) is 1. The maximum atomic E-state index is 13.8. The molecule has 0 amide bonds. The van der Waals surface area contributed by atoms with Crippen molar-refractivity contribution >= 4 is 22.3 Å². The zero-order valence-corrected chi connectivity index (χ0v) is 14.5. The maximum Gasteiger partial charge on any atom is 0.220 e. The van der Waals surface area contributed by atoms with E-state index in [0.717, 1.165) is 0 Å². The van der Waals surface area contributed by atoms with E-state index in [1.165, 1.54) is 4.57 Å². The summed E-state index contributed by atoms with van der Waals surface area (Å²) in [6.45, 7) is 2.79. The van der Waals surface area contributed by atoms with Gasteiger partial charge in [0.25, 0.3) is 0 Å². The average molecular weight is 399 g/mol. The van der Waals surface area contributed by atoms with Gasteiger partial charge in [-0.3, -0.25) is 0 Å². The van der Waals surface area contributed by atoms with E-state index >= 15 is 0 Å². The summed E-state index contributed by atoms with van der Waals surface area (Å²) in [4.78, 5) is 0. The summed E-state index contributed by atoms with van der Waals surface area (Å²) in [5.74, 6) is -11.1. The second-order valence-corrected chi connectivity index (χ2v) is 5.66. The van der Waals surface area contributed by atoms with Gasteiger partial charge in [0.15, 0.2) is 34.6 Å². The summed E-state index contributed by atoms with van der Waals surface area (Å²) in [6, 6.07) is 6.56. The predicted molar refractivity (Wildman–Crippen MR) is 90.5 cm³/mol. The van der Waals surface area contributed by atoms with E-state index in [-0.39, 0.29) is 24.7 Å². The molecule has 5 nitrogen and oxygen atoms in total. The summed E-state index contributed by atoms with van der Waals surface area (Å²) in [6.07, 6.45) is 0. The number of aromatic nitrogens is 1. The third kappa shape index (κ3) is 3.31. The maximum absolute atomic E-state index is 13.8. The van der Waals surface area contributed by atoms with Gasteiger partial charge in [-0.1, -0.05) is 18.2 Å². The van der Waals surface area contributed by atoms with E-state index in [1.807, 2.05) is 0 Å². The minimum absolute atomic E-state index is 0.170. The number of para-hydroxylation sites is 1. The van der Waals surface area contributed by atoms with Crippen LogP contribution in [-0.4, -0.2) is 22.9 Å². The molecule has 0 saturated carbocycles. The van der Waals surface area contributed by atoms with Crippen molar-refractivity contribution in [3.63, 3.8) is 0 Å². The smallest absolute Gasteiger partial charge is 0.220 e. The predicted octanol–water partition coefficient (Wildman–Crippen LogP) is 5.49. The van der Waals surface area contributed by atoms with Crippen LogP contribution in [0.15, 0.2) is 34.5 Å². The summed E-state index contributed by atoms with van der Waals surface area (Å²) >= 11 is 0. The molecule has 0 bridgehead atoms. The second kappa shape index (κ2) is 7.93. The van der Waals surface area contributed by atoms with Gasteiger partial charge in [0.05, 0.1) is 12.1 Å². The van der Waals surface area contributed by atoms with Crippen molar-refractivity contribution in [2.24, 2.45) is 10.2 Å². The molecule has 1 aromatic heterocycles. The third-order valence-electron chi connectivity index (χ3n) is 4.02. The first kappa shape index (κ1) is 19.7. The molecule has 0 aliphatic carbocycles. The monoisotopic (exact) mass is 399 g/mol. The molecule has 148 valence electrons. The molecule has 0 aliphatic rings. The number of fused-ring (bicyclic) bond motifs is 1. The van der Waals surface area contributed by atoms with Crippen molar-refractivity contribution < 1.29 is 31.8 Å². The topological polar surface area (TPSA) is 59.1 Å². The third-order valence-corrected chi connectivity index (χ3v) is 4.02. The minimum Gasteiger partial charge on any atom is -0.493 e. The molecule has 1 heterocycles. The molecule has 28 heavy (non-hydrogen) atoms. The van der Waals surface area contributed by atoms with E-state index in [2.05, 4.69) is 10.2 Å². The van der Waals surface area contributed by atoms with Crippen LogP contribution in [0.4, 0.5) is 33.3 Å². The number of halogens is 5. The molecule has 0 spiro atoms. The molecule has 0 radical (unpaired) electrons. The Morgan fingerprint density at radius 1 is 0.893 bits per heavy atom. The van der Waals surface area contributed by atoms with Gasteiger partial charge in [0.2, 0.25) is 11.7 Å². The van der Waals surface area contributed by atoms with E-state index in [0.29, 0.717) is 17.5 Å². The lowest BCUT2D eigenvalue weighted by atomic mass is 10.2. The zero-order valence-electron chi connectivity index (χ0n) is 14.5. The van der Waals surface area contributed by atoms with Crippen molar-refractivity contribution in [1.29, 1.82) is 0 Å². The number of benzene rings is 2. The van der Waals surface area contributed by atoms with Crippen LogP contribution in [0, 0.1) is 29.1 Å². The molecule has 0 aliphatic heterocycles. The van der Waals surface area contributed by atoms with Crippen LogP contribution in [0.3, 0.4) is 0 Å². The summed E-state index contributed by atoms with van der Waals surface area (Å²) in [7, 11) is 0. The fraction of sp³-hybridized carbons (Fsp3) is 0.222. The van der Waals surface area contributed by atoms with Crippen LogP contribution in [-0.2, 0) is 11.3 Å². The normalized spacial score (nSPS) is 11.8. The molecule has 2 aromatic carbocycles. The molecule has 0 fully saturated rings. The number of rotatable bonds is 6. The molecular weight excluding hydrogens is 385 g/mol. The highest BCUT2D eigenvalue weighted by molar-refractivity contribution is 5.95. The van der Waals surface area contributed by atoms with E-state index < -0.39 is 34.8 Å². The Morgan fingerprint density at radius 3 is 2.11 bits per heavy atom. The first-order chi connectivity index (χ1) is 13.4. The van der Waals surface area contributed by atoms with Crippen LogP contribution < -0.4 is 0 Å². The van der Waals surface area contributed by atoms with E-state index in [9.17, 15) is 27.1 Å². The van der Waals surface area contributed by atoms with Crippen LogP contribution in [0.25, 0.3) is 10.9 Å². The molecule has 10 heteroatoms. The Kier molecular flexibility index (Phi) is 5.59. The first-order valence-corrected chi connectivity index (χ1v) is 8.19. The minimum atomic E-state index is -2.29. The molecule has 0 atom stereocenters. The van der Waals surface area contributed by atoms with Crippen LogP contribution in [0.1, 0.15) is 6.92 Å². The summed E-state index contributed by atoms with van der Waals surface area (Å²) in [5, 5.41) is 17.6. The van der Waals surface area contributed by atoms with Crippen molar-refractivity contribution in [1.82, 2.24) is 4.57 Å². The van der Waals surface area contributed by atoms with Crippen LogP contribution >= 0.6 is 0 Å². The van der Waals surface area contributed by atoms with Crippen molar-refractivity contribution in [3.05, 3.63) is 53.4 Å². The Balaban J connectivity index is 2.10. The SMILES string of the molecule is CCOCCn1c(O)c(N=Nc2c(F)c(F)c(F)c(F)c2F)c2ccccc21. The van der Waals surface area contributed by atoms with Gasteiger partial charge in [-0.05, 0) is 13.0 Å². The lowest BCUT2D eigenvalue weighted by molar-refractivity contribution is 0.138. The van der Waals surface area contributed by atoms with Gasteiger partial charge >= 0.3 is 0 Å². The fourth-order valence-electron chi connectivity index (χ4n) is 2.68. The standard InChI is InChI=1S/C18H14F5N3O2/c1-2-28-8-7-26-10-6-4-3-5-9(10)16(18(26)27)24-25-17-14(22)12(20)11(19)13(21)15(17)23/h3-6,27H,2,7-8H2,1H3. The number of azo groups is 1. The Bertz CT molecular complexity index is 1040. The van der Waals surface area contributed by atoms with Gasteiger partial charge in [-0.25, -0.2) is 22.0 Å². The highest BCUT2D eigenvalue weighted by Gasteiger charge is 2.26. The largest absolute Gasteiger partial charge is 0.493 e. The number of nitrogens with zero attached hydrogens (tertiary/aromatic N) is 3. The molecule has 3 rings (SSSR count). The summed E-state index contributed by atoms with van der Waals surface area (Å²) < 4.78 is 74.0. The molecule has 0 unspecified atom stereocenters. The van der Waals surface area contributed by atoms with E-state index in [1.54, 1.807) is 31.2 Å². The van der Waals surface area contributed by atoms with Gasteiger partial charge in [0.1, 0.15) is 0 Å². The first-order valence-electron chi connectivity index (χ1n) is 8.19. The number of aromatic hydroxyl groups is 1. The average Bonchev–Trinajstić information content (AvgIpc) is 2.96. The molecule has 0 saturated heterocycles. The Morgan fingerprint density at radius 2 is 1.46 bits per heavy atom.